The molecule has 0 aromatic heterocycles. The number of benzene rings is 1. The van der Waals surface area contributed by atoms with E-state index >= 15 is 0 Å². The summed E-state index contributed by atoms with van der Waals surface area (Å²) in [5.41, 5.74) is 6.53. The summed E-state index contributed by atoms with van der Waals surface area (Å²) in [7, 11) is 3.16. The number of esters is 1. The molecule has 35 heavy (non-hydrogen) atoms. The van der Waals surface area contributed by atoms with Gasteiger partial charge in [0, 0.05) is 39.3 Å². The van der Waals surface area contributed by atoms with Crippen molar-refractivity contribution < 1.29 is 24.5 Å². The van der Waals surface area contributed by atoms with Gasteiger partial charge in [-0.15, -0.1) is 5.92 Å². The number of phenols is 1. The normalized spacial score (nSPS) is 31.0. The molecule has 5 N–H and O–H groups in total. The topological polar surface area (TPSA) is 126 Å². The number of carbonyl (C=O) groups is 1. The number of hydrogen-bond donors (Lipinski definition) is 4. The molecule has 2 aliphatic carbocycles. The highest BCUT2D eigenvalue weighted by Gasteiger charge is 2.44. The molecule has 0 spiro atoms. The van der Waals surface area contributed by atoms with Crippen molar-refractivity contribution in [1.29, 1.82) is 0 Å². The summed E-state index contributed by atoms with van der Waals surface area (Å²) in [6.45, 7) is 4.18. The lowest BCUT2D eigenvalue weighted by atomic mass is 9.61. The predicted molar refractivity (Wildman–Crippen MR) is 135 cm³/mol. The van der Waals surface area contributed by atoms with E-state index in [2.05, 4.69) is 29.1 Å². The molecular formula is C27H39N3O5. The lowest BCUT2D eigenvalue weighted by molar-refractivity contribution is -0.151. The number of rotatable bonds is 6. The first kappa shape index (κ1) is 26.7. The molecule has 3 rings (SSSR count). The summed E-state index contributed by atoms with van der Waals surface area (Å²) in [6, 6.07) is 5.22. The van der Waals surface area contributed by atoms with Crippen molar-refractivity contribution >= 4 is 11.9 Å². The third-order valence-electron chi connectivity index (χ3n) is 7.67. The third-order valence-corrected chi connectivity index (χ3v) is 7.67. The van der Waals surface area contributed by atoms with Gasteiger partial charge in [0.15, 0.2) is 17.5 Å². The summed E-state index contributed by atoms with van der Waals surface area (Å²) < 4.78 is 11.0. The van der Waals surface area contributed by atoms with E-state index in [1.165, 1.54) is 14.0 Å². The van der Waals surface area contributed by atoms with Crippen LogP contribution in [0.15, 0.2) is 23.2 Å². The molecule has 2 bridgehead atoms. The minimum absolute atomic E-state index is 0.0488. The molecule has 1 aromatic rings. The molecule has 0 heterocycles. The van der Waals surface area contributed by atoms with Crippen LogP contribution in [0.1, 0.15) is 51.5 Å². The number of aliphatic imine (C=N–C) groups is 1. The summed E-state index contributed by atoms with van der Waals surface area (Å²) in [4.78, 5) is 16.0. The van der Waals surface area contributed by atoms with Gasteiger partial charge in [-0.1, -0.05) is 18.9 Å². The highest BCUT2D eigenvalue weighted by Crippen LogP contribution is 2.46. The number of aliphatic hydroxyl groups is 1. The second kappa shape index (κ2) is 11.7. The SMILES string of the molecule is CN=C(N)NC[C@]12C#CC[C@H](Cc3ccc(O)c(OC)c3)[C@@H](OC(C)=O)C[C@@H](O)[C@@H](CC[C@@H]1C)C2. The maximum Gasteiger partial charge on any atom is 0.302 e. The number of fused-ring (bicyclic) bond motifs is 2. The molecule has 0 saturated heterocycles. The van der Waals surface area contributed by atoms with Crippen LogP contribution in [0.2, 0.25) is 0 Å². The average molecular weight is 486 g/mol. The molecule has 8 heteroatoms. The van der Waals surface area contributed by atoms with Crippen molar-refractivity contribution in [2.75, 3.05) is 20.7 Å². The van der Waals surface area contributed by atoms with E-state index in [0.29, 0.717) is 43.4 Å². The Morgan fingerprint density at radius 2 is 2.14 bits per heavy atom. The fourth-order valence-electron chi connectivity index (χ4n) is 5.46. The first-order valence-corrected chi connectivity index (χ1v) is 12.3. The lowest BCUT2D eigenvalue weighted by Gasteiger charge is -2.45. The zero-order chi connectivity index (χ0) is 25.6. The fraction of sp³-hybridized carbons (Fsp3) is 0.630. The summed E-state index contributed by atoms with van der Waals surface area (Å²) >= 11 is 0. The smallest absolute Gasteiger partial charge is 0.302 e. The van der Waals surface area contributed by atoms with Crippen LogP contribution in [0, 0.1) is 35.0 Å². The molecule has 0 amide bonds. The lowest BCUT2D eigenvalue weighted by Crippen LogP contribution is -2.48. The highest BCUT2D eigenvalue weighted by molar-refractivity contribution is 5.77. The van der Waals surface area contributed by atoms with Gasteiger partial charge in [-0.05, 0) is 55.2 Å². The summed E-state index contributed by atoms with van der Waals surface area (Å²) in [6.07, 6.45) is 2.96. The molecule has 6 atom stereocenters. The monoisotopic (exact) mass is 485 g/mol. The fourth-order valence-corrected chi connectivity index (χ4v) is 5.46. The van der Waals surface area contributed by atoms with Crippen molar-refractivity contribution in [3.05, 3.63) is 23.8 Å². The van der Waals surface area contributed by atoms with E-state index in [1.807, 2.05) is 6.07 Å². The van der Waals surface area contributed by atoms with Gasteiger partial charge in [-0.25, -0.2) is 0 Å². The number of hydrogen-bond acceptors (Lipinski definition) is 6. The van der Waals surface area contributed by atoms with Crippen LogP contribution in [0.3, 0.4) is 0 Å². The summed E-state index contributed by atoms with van der Waals surface area (Å²) in [5, 5.41) is 24.5. The molecule has 1 fully saturated rings. The molecule has 1 aromatic carbocycles. The summed E-state index contributed by atoms with van der Waals surface area (Å²) in [5.74, 6) is 7.71. The van der Waals surface area contributed by atoms with Gasteiger partial charge in [0.05, 0.1) is 18.6 Å². The first-order chi connectivity index (χ1) is 16.7. The standard InChI is InChI=1S/C27H39N3O5/c1-17-7-9-21-15-27(17,16-30-26(28)29-3)11-5-6-20(24(14-23(21)33)35-18(2)31)12-19-8-10-22(32)25(13-19)34-4/h8,10,13,17,20-21,23-24,32-33H,6-7,9,12,14-16H2,1-4H3,(H3,28,29,30)/t17-,20+,21-,23+,24-,27+/m0/s1. The van der Waals surface area contributed by atoms with Crippen LogP contribution in [0.4, 0.5) is 0 Å². The van der Waals surface area contributed by atoms with E-state index in [4.69, 9.17) is 15.2 Å². The van der Waals surface area contributed by atoms with Crippen LogP contribution in [-0.4, -0.2) is 55.1 Å². The Hall–Kier alpha value is -2.92. The van der Waals surface area contributed by atoms with E-state index in [-0.39, 0.29) is 29.0 Å². The number of nitrogens with one attached hydrogen (secondary N) is 1. The van der Waals surface area contributed by atoms with E-state index in [9.17, 15) is 15.0 Å². The Labute approximate surface area is 208 Å². The minimum Gasteiger partial charge on any atom is -0.504 e. The third kappa shape index (κ3) is 6.61. The van der Waals surface area contributed by atoms with Crippen LogP contribution in [0.5, 0.6) is 11.5 Å². The number of ether oxygens (including phenoxy) is 2. The number of nitrogens with zero attached hydrogens (tertiary/aromatic N) is 1. The number of nitrogens with two attached hydrogens (primary N) is 1. The van der Waals surface area contributed by atoms with Gasteiger partial charge in [-0.3, -0.25) is 9.79 Å². The number of carbonyl (C=O) groups excluding carboxylic acids is 1. The Kier molecular flexibility index (Phi) is 8.90. The van der Waals surface area contributed by atoms with Gasteiger partial charge in [0.25, 0.3) is 0 Å². The maximum absolute atomic E-state index is 12.0. The highest BCUT2D eigenvalue weighted by atomic mass is 16.5. The average Bonchev–Trinajstić information content (AvgIpc) is 2.83. The second-order valence-electron chi connectivity index (χ2n) is 9.99. The van der Waals surface area contributed by atoms with Gasteiger partial charge in [0.1, 0.15) is 6.10 Å². The number of methoxy groups -OCH3 is 1. The quantitative estimate of drug-likeness (QED) is 0.211. The van der Waals surface area contributed by atoms with Crippen molar-refractivity contribution in [3.63, 3.8) is 0 Å². The van der Waals surface area contributed by atoms with Crippen molar-refractivity contribution in [2.24, 2.45) is 33.9 Å². The second-order valence-corrected chi connectivity index (χ2v) is 9.99. The molecule has 192 valence electrons. The molecule has 0 radical (unpaired) electrons. The van der Waals surface area contributed by atoms with Crippen LogP contribution >= 0.6 is 0 Å². The molecular weight excluding hydrogens is 446 g/mol. The Morgan fingerprint density at radius 1 is 1.37 bits per heavy atom. The zero-order valence-electron chi connectivity index (χ0n) is 21.2. The van der Waals surface area contributed by atoms with E-state index in [1.54, 1.807) is 19.2 Å². The number of aliphatic hydroxyl groups excluding tert-OH is 1. The Bertz CT molecular complexity index is 985. The van der Waals surface area contributed by atoms with Gasteiger partial charge in [0.2, 0.25) is 0 Å². The van der Waals surface area contributed by atoms with Crippen LogP contribution in [0.25, 0.3) is 0 Å². The minimum atomic E-state index is -0.611. The predicted octanol–water partition coefficient (Wildman–Crippen LogP) is 2.61. The largest absolute Gasteiger partial charge is 0.504 e. The van der Waals surface area contributed by atoms with E-state index in [0.717, 1.165) is 24.8 Å². The number of phenolic OH excluding ortho intramolecular Hbond substituents is 1. The van der Waals surface area contributed by atoms with Crippen molar-refractivity contribution in [2.45, 2.75) is 64.6 Å². The maximum atomic E-state index is 12.0. The number of guanidine groups is 1. The molecule has 8 nitrogen and oxygen atoms in total. The van der Waals surface area contributed by atoms with Crippen LogP contribution in [-0.2, 0) is 16.0 Å². The Balaban J connectivity index is 1.97. The van der Waals surface area contributed by atoms with Crippen LogP contribution < -0.4 is 15.8 Å². The molecule has 0 unspecified atom stereocenters. The number of aromatic hydroxyl groups is 1. The van der Waals surface area contributed by atoms with Crippen molar-refractivity contribution in [1.82, 2.24) is 5.32 Å². The molecule has 1 saturated carbocycles. The van der Waals surface area contributed by atoms with Gasteiger partial charge >= 0.3 is 5.97 Å². The molecule has 2 aliphatic rings. The zero-order valence-corrected chi connectivity index (χ0v) is 21.2. The van der Waals surface area contributed by atoms with E-state index < -0.39 is 12.2 Å². The molecule has 0 aliphatic heterocycles. The first-order valence-electron chi connectivity index (χ1n) is 12.3. The van der Waals surface area contributed by atoms with Gasteiger partial charge in [-0.2, -0.15) is 0 Å². The van der Waals surface area contributed by atoms with Gasteiger partial charge < -0.3 is 30.7 Å². The Morgan fingerprint density at radius 3 is 2.83 bits per heavy atom. The van der Waals surface area contributed by atoms with Crippen molar-refractivity contribution in [3.8, 4) is 23.3 Å².